The van der Waals surface area contributed by atoms with Crippen LogP contribution >= 0.6 is 11.3 Å². The van der Waals surface area contributed by atoms with Gasteiger partial charge in [-0.25, -0.2) is 4.39 Å². The molecule has 34 heavy (non-hydrogen) atoms. The van der Waals surface area contributed by atoms with Gasteiger partial charge in [0.1, 0.15) is 21.9 Å². The molecular formula is C27H26FN3O2S. The highest BCUT2D eigenvalue weighted by Crippen LogP contribution is 2.37. The fourth-order valence-electron chi connectivity index (χ4n) is 4.59. The molecule has 1 aliphatic rings. The zero-order valence-corrected chi connectivity index (χ0v) is 20.2. The van der Waals surface area contributed by atoms with Crippen molar-refractivity contribution in [3.05, 3.63) is 88.7 Å². The number of thiophene rings is 1. The fraction of sp³-hybridized carbons (Fsp3) is 0.259. The van der Waals surface area contributed by atoms with Crippen molar-refractivity contribution in [2.75, 3.05) is 4.90 Å². The number of carbonyl (C=O) groups excluding carboxylic acids is 2. The minimum atomic E-state index is -1.15. The first-order valence-electron chi connectivity index (χ1n) is 11.3. The molecule has 0 bridgehead atoms. The van der Waals surface area contributed by atoms with Crippen LogP contribution in [0.3, 0.4) is 0 Å². The first kappa shape index (κ1) is 22.3. The predicted molar refractivity (Wildman–Crippen MR) is 134 cm³/mol. The van der Waals surface area contributed by atoms with E-state index < -0.39 is 5.54 Å². The minimum Gasteiger partial charge on any atom is -0.350 e. The van der Waals surface area contributed by atoms with Crippen LogP contribution in [0.2, 0.25) is 0 Å². The second-order valence-electron chi connectivity index (χ2n) is 9.27. The van der Waals surface area contributed by atoms with Gasteiger partial charge in [-0.15, -0.1) is 11.3 Å². The molecule has 0 spiro atoms. The molecule has 0 aliphatic carbocycles. The van der Waals surface area contributed by atoms with E-state index in [-0.39, 0.29) is 24.2 Å². The molecular weight excluding hydrogens is 449 g/mol. The molecule has 5 rings (SSSR count). The lowest BCUT2D eigenvalue weighted by Gasteiger charge is -2.44. The molecule has 1 N–H and O–H groups in total. The van der Waals surface area contributed by atoms with Crippen molar-refractivity contribution in [3.63, 3.8) is 0 Å². The van der Waals surface area contributed by atoms with E-state index in [4.69, 9.17) is 0 Å². The van der Waals surface area contributed by atoms with E-state index in [0.29, 0.717) is 23.8 Å². The summed E-state index contributed by atoms with van der Waals surface area (Å²) < 4.78 is 15.2. The Morgan fingerprint density at radius 3 is 2.50 bits per heavy atom. The normalized spacial score (nSPS) is 17.9. The highest BCUT2D eigenvalue weighted by atomic mass is 32.1. The van der Waals surface area contributed by atoms with Crippen LogP contribution in [0.5, 0.6) is 0 Å². The standard InChI is InChI=1S/C27H26FN3O2S/c1-17(2)19-6-10-22(11-7-19)31-24(32)23-14-20-12-13-34-25(20)30(23)16-27(31,3)26(33)29-15-18-4-8-21(28)9-5-18/h4-14,17H,15-16H2,1-3H3,(H,29,33)/t27-/m0/s1. The van der Waals surface area contributed by atoms with E-state index in [1.807, 2.05) is 53.3 Å². The Kier molecular flexibility index (Phi) is 5.52. The number of halogens is 1. The number of fused-ring (bicyclic) bond motifs is 3. The Balaban J connectivity index is 1.54. The maximum atomic E-state index is 13.8. The lowest BCUT2D eigenvalue weighted by atomic mass is 9.93. The second-order valence-corrected chi connectivity index (χ2v) is 10.2. The number of hydrogen-bond donors (Lipinski definition) is 1. The van der Waals surface area contributed by atoms with Crippen LogP contribution in [0.15, 0.2) is 66.0 Å². The molecule has 0 saturated heterocycles. The molecule has 0 radical (unpaired) electrons. The van der Waals surface area contributed by atoms with Crippen LogP contribution in [-0.2, 0) is 17.9 Å². The van der Waals surface area contributed by atoms with Crippen molar-refractivity contribution in [3.8, 4) is 0 Å². The monoisotopic (exact) mass is 475 g/mol. The Labute approximate surface area is 201 Å². The molecule has 5 nitrogen and oxygen atoms in total. The number of rotatable bonds is 5. The van der Waals surface area contributed by atoms with Crippen LogP contribution in [0.4, 0.5) is 10.1 Å². The average Bonchev–Trinajstić information content (AvgIpc) is 3.41. The number of nitrogens with zero attached hydrogens (tertiary/aromatic N) is 2. The van der Waals surface area contributed by atoms with Crippen LogP contribution in [-0.4, -0.2) is 21.9 Å². The van der Waals surface area contributed by atoms with Crippen molar-refractivity contribution < 1.29 is 14.0 Å². The summed E-state index contributed by atoms with van der Waals surface area (Å²) in [5.74, 6) is -0.426. The molecule has 174 valence electrons. The van der Waals surface area contributed by atoms with Crippen molar-refractivity contribution in [2.24, 2.45) is 0 Å². The Morgan fingerprint density at radius 1 is 1.12 bits per heavy atom. The third-order valence-electron chi connectivity index (χ3n) is 6.56. The molecule has 1 atom stereocenters. The quantitative estimate of drug-likeness (QED) is 0.403. The van der Waals surface area contributed by atoms with Gasteiger partial charge in [0, 0.05) is 17.6 Å². The summed E-state index contributed by atoms with van der Waals surface area (Å²) in [6.07, 6.45) is 0. The second kappa shape index (κ2) is 8.40. The van der Waals surface area contributed by atoms with E-state index in [0.717, 1.165) is 15.8 Å². The number of hydrogen-bond acceptors (Lipinski definition) is 3. The van der Waals surface area contributed by atoms with Gasteiger partial charge in [-0.1, -0.05) is 38.1 Å². The number of anilines is 1. The van der Waals surface area contributed by atoms with Gasteiger partial charge in [-0.3, -0.25) is 14.5 Å². The Bertz CT molecular complexity index is 1370. The Morgan fingerprint density at radius 2 is 1.82 bits per heavy atom. The molecule has 0 fully saturated rings. The number of benzene rings is 2. The average molecular weight is 476 g/mol. The van der Waals surface area contributed by atoms with Crippen molar-refractivity contribution in [1.82, 2.24) is 9.88 Å². The van der Waals surface area contributed by atoms with E-state index in [9.17, 15) is 14.0 Å². The van der Waals surface area contributed by atoms with Crippen LogP contribution < -0.4 is 10.2 Å². The largest absolute Gasteiger partial charge is 0.350 e. The summed E-state index contributed by atoms with van der Waals surface area (Å²) in [7, 11) is 0. The molecule has 2 amide bonds. The predicted octanol–water partition coefficient (Wildman–Crippen LogP) is 5.70. The molecule has 0 unspecified atom stereocenters. The lowest BCUT2D eigenvalue weighted by molar-refractivity contribution is -0.126. The van der Waals surface area contributed by atoms with Gasteiger partial charge in [-0.2, -0.15) is 0 Å². The van der Waals surface area contributed by atoms with Crippen LogP contribution in [0.25, 0.3) is 10.2 Å². The number of carbonyl (C=O) groups is 2. The van der Waals surface area contributed by atoms with Gasteiger partial charge < -0.3 is 9.88 Å². The van der Waals surface area contributed by atoms with Gasteiger partial charge in [0.15, 0.2) is 0 Å². The Hall–Kier alpha value is -3.45. The molecule has 3 heterocycles. The molecule has 2 aromatic carbocycles. The maximum absolute atomic E-state index is 13.8. The minimum absolute atomic E-state index is 0.202. The highest BCUT2D eigenvalue weighted by Gasteiger charge is 2.48. The molecule has 0 saturated carbocycles. The molecule has 2 aromatic heterocycles. The summed E-state index contributed by atoms with van der Waals surface area (Å²) in [4.78, 5) is 30.1. The van der Waals surface area contributed by atoms with Gasteiger partial charge in [-0.05, 0) is 65.7 Å². The van der Waals surface area contributed by atoms with Gasteiger partial charge in [0.05, 0.1) is 6.54 Å². The number of amides is 2. The lowest BCUT2D eigenvalue weighted by Crippen LogP contribution is -2.64. The summed E-state index contributed by atoms with van der Waals surface area (Å²) in [6, 6.07) is 17.8. The fourth-order valence-corrected chi connectivity index (χ4v) is 5.48. The zero-order valence-electron chi connectivity index (χ0n) is 19.3. The maximum Gasteiger partial charge on any atom is 0.275 e. The highest BCUT2D eigenvalue weighted by molar-refractivity contribution is 7.16. The smallest absolute Gasteiger partial charge is 0.275 e. The number of aromatic nitrogens is 1. The first-order valence-corrected chi connectivity index (χ1v) is 12.2. The number of nitrogens with one attached hydrogen (secondary N) is 1. The summed E-state index contributed by atoms with van der Waals surface area (Å²) in [6.45, 7) is 6.63. The third-order valence-corrected chi connectivity index (χ3v) is 7.51. The summed E-state index contributed by atoms with van der Waals surface area (Å²) in [5, 5.41) is 5.97. The van der Waals surface area contributed by atoms with Gasteiger partial charge >= 0.3 is 0 Å². The molecule has 1 aliphatic heterocycles. The van der Waals surface area contributed by atoms with Crippen molar-refractivity contribution >= 4 is 39.1 Å². The summed E-state index contributed by atoms with van der Waals surface area (Å²) >= 11 is 1.56. The first-order chi connectivity index (χ1) is 16.3. The molecule has 7 heteroatoms. The van der Waals surface area contributed by atoms with E-state index in [1.165, 1.54) is 17.7 Å². The van der Waals surface area contributed by atoms with Gasteiger partial charge in [0.2, 0.25) is 5.91 Å². The molecule has 4 aromatic rings. The van der Waals surface area contributed by atoms with Crippen LogP contribution in [0.1, 0.15) is 48.3 Å². The van der Waals surface area contributed by atoms with Gasteiger partial charge in [0.25, 0.3) is 5.91 Å². The van der Waals surface area contributed by atoms with E-state index in [2.05, 4.69) is 19.2 Å². The van der Waals surface area contributed by atoms with Crippen molar-refractivity contribution in [2.45, 2.75) is 45.3 Å². The topological polar surface area (TPSA) is 54.3 Å². The van der Waals surface area contributed by atoms with E-state index in [1.54, 1.807) is 28.4 Å². The third kappa shape index (κ3) is 3.70. The SMILES string of the molecule is CC(C)c1ccc(N2C(=O)c3cc4ccsc4n3C[C@@]2(C)C(=O)NCc2ccc(F)cc2)cc1. The van der Waals surface area contributed by atoms with E-state index >= 15 is 0 Å². The van der Waals surface area contributed by atoms with Crippen LogP contribution in [0, 0.1) is 5.82 Å². The zero-order chi connectivity index (χ0) is 24.0. The summed E-state index contributed by atoms with van der Waals surface area (Å²) in [5.41, 5.74) is 2.07. The van der Waals surface area contributed by atoms with Crippen molar-refractivity contribution in [1.29, 1.82) is 0 Å².